The highest BCUT2D eigenvalue weighted by atomic mass is 19.4. The van der Waals surface area contributed by atoms with Crippen LogP contribution in [0.5, 0.6) is 0 Å². The Kier molecular flexibility index (Phi) is 4.78. The summed E-state index contributed by atoms with van der Waals surface area (Å²) in [6.07, 6.45) is -3.63. The molecule has 1 amide bonds. The summed E-state index contributed by atoms with van der Waals surface area (Å²) in [6, 6.07) is 3.58. The summed E-state index contributed by atoms with van der Waals surface area (Å²) in [5.74, 6) is -0.375. The maximum atomic E-state index is 13.6. The number of nitrogens with one attached hydrogen (secondary N) is 2. The molecule has 31 heavy (non-hydrogen) atoms. The predicted octanol–water partition coefficient (Wildman–Crippen LogP) is 2.73. The van der Waals surface area contributed by atoms with Crippen molar-refractivity contribution in [2.24, 2.45) is 5.41 Å². The average molecular weight is 439 g/mol. The molecule has 1 aromatic carbocycles. The van der Waals surface area contributed by atoms with Crippen LogP contribution in [-0.2, 0) is 11.3 Å². The zero-order valence-electron chi connectivity index (χ0n) is 17.2. The van der Waals surface area contributed by atoms with Gasteiger partial charge in [-0.15, -0.1) is 0 Å². The second-order valence-corrected chi connectivity index (χ2v) is 9.11. The van der Waals surface area contributed by atoms with Gasteiger partial charge in [0, 0.05) is 38.3 Å². The maximum absolute atomic E-state index is 13.6. The summed E-state index contributed by atoms with van der Waals surface area (Å²) in [7, 11) is 0. The molecule has 2 bridgehead atoms. The largest absolute Gasteiger partial charge is 0.403 e. The molecule has 0 radical (unpaired) electrons. The fourth-order valence-electron chi connectivity index (χ4n) is 5.08. The molecule has 2 aromatic rings. The van der Waals surface area contributed by atoms with Crippen LogP contribution in [-0.4, -0.2) is 70.1 Å². The Morgan fingerprint density at radius 2 is 2.00 bits per heavy atom. The first kappa shape index (κ1) is 20.7. The molecule has 1 aromatic heterocycles. The van der Waals surface area contributed by atoms with E-state index in [1.165, 1.54) is 12.1 Å². The number of halogens is 4. The molecule has 4 heterocycles. The Morgan fingerprint density at radius 1 is 1.29 bits per heavy atom. The van der Waals surface area contributed by atoms with Crippen molar-refractivity contribution in [1.82, 2.24) is 25.1 Å². The van der Waals surface area contributed by atoms with Crippen LogP contribution in [0.25, 0.3) is 11.0 Å². The third-order valence-electron chi connectivity index (χ3n) is 6.97. The topological polar surface area (TPSA) is 64.3 Å². The first-order chi connectivity index (χ1) is 14.7. The van der Waals surface area contributed by atoms with E-state index >= 15 is 0 Å². The van der Waals surface area contributed by atoms with Crippen molar-refractivity contribution in [2.75, 3.05) is 26.2 Å². The minimum atomic E-state index is -4.47. The standard InChI is InChI=1S/C21H25F4N5O/c1-12-6-13(22)7-16-18(12)28-17(27-16)11-29-9-14-8-15(10-29)30(14)5-4-26-19(31)20(2-3-20)21(23,24)25/h6-7,14-15H,2-5,8-11H2,1H3,(H,26,31)(H,27,28). The monoisotopic (exact) mass is 439 g/mol. The lowest BCUT2D eigenvalue weighted by Gasteiger charge is -2.56. The van der Waals surface area contributed by atoms with Gasteiger partial charge in [0.1, 0.15) is 17.1 Å². The first-order valence-electron chi connectivity index (χ1n) is 10.6. The van der Waals surface area contributed by atoms with Crippen molar-refractivity contribution in [3.63, 3.8) is 0 Å². The number of aryl methyl sites for hydroxylation is 1. The number of amides is 1. The Balaban J connectivity index is 1.12. The number of alkyl halides is 3. The van der Waals surface area contributed by atoms with Crippen LogP contribution in [0.2, 0.25) is 0 Å². The summed E-state index contributed by atoms with van der Waals surface area (Å²) in [4.78, 5) is 24.4. The van der Waals surface area contributed by atoms with Crippen molar-refractivity contribution < 1.29 is 22.4 Å². The number of imidazole rings is 1. The van der Waals surface area contributed by atoms with E-state index in [0.717, 1.165) is 36.4 Å². The fourth-order valence-corrected chi connectivity index (χ4v) is 5.08. The molecule has 0 spiro atoms. The molecule has 3 saturated heterocycles. The van der Waals surface area contributed by atoms with Gasteiger partial charge in [-0.3, -0.25) is 14.6 Å². The van der Waals surface area contributed by atoms with Gasteiger partial charge >= 0.3 is 6.18 Å². The van der Waals surface area contributed by atoms with E-state index in [0.29, 0.717) is 30.7 Å². The number of aromatic amines is 1. The van der Waals surface area contributed by atoms with Crippen molar-refractivity contribution in [3.8, 4) is 0 Å². The summed E-state index contributed by atoms with van der Waals surface area (Å²) < 4.78 is 52.7. The van der Waals surface area contributed by atoms with E-state index in [2.05, 4.69) is 25.1 Å². The van der Waals surface area contributed by atoms with Gasteiger partial charge in [-0.25, -0.2) is 9.37 Å². The van der Waals surface area contributed by atoms with Crippen LogP contribution in [0.1, 0.15) is 30.7 Å². The minimum Gasteiger partial charge on any atom is -0.354 e. The van der Waals surface area contributed by atoms with Gasteiger partial charge in [-0.05, 0) is 43.9 Å². The molecule has 2 atom stereocenters. The van der Waals surface area contributed by atoms with Crippen LogP contribution >= 0.6 is 0 Å². The number of nitrogens with zero attached hydrogens (tertiary/aromatic N) is 3. The van der Waals surface area contributed by atoms with E-state index < -0.39 is 17.5 Å². The second-order valence-electron chi connectivity index (χ2n) is 9.11. The number of carbonyl (C=O) groups is 1. The summed E-state index contributed by atoms with van der Waals surface area (Å²) in [5.41, 5.74) is 0.121. The molecular weight excluding hydrogens is 414 g/mol. The Bertz CT molecular complexity index is 1000. The molecule has 4 fully saturated rings. The molecular formula is C21H25F4N5O. The molecule has 2 N–H and O–H groups in total. The van der Waals surface area contributed by atoms with Crippen LogP contribution in [0.15, 0.2) is 12.1 Å². The molecule has 168 valence electrons. The van der Waals surface area contributed by atoms with Gasteiger partial charge in [-0.2, -0.15) is 13.2 Å². The normalized spacial score (nSPS) is 25.5. The van der Waals surface area contributed by atoms with Crippen molar-refractivity contribution in [2.45, 2.75) is 51.0 Å². The Hall–Kier alpha value is -2.20. The van der Waals surface area contributed by atoms with E-state index in [1.54, 1.807) is 0 Å². The number of carbonyl (C=O) groups excluding carboxylic acids is 1. The van der Waals surface area contributed by atoms with Crippen LogP contribution in [0, 0.1) is 18.2 Å². The number of hydrogen-bond acceptors (Lipinski definition) is 4. The van der Waals surface area contributed by atoms with Gasteiger partial charge in [0.15, 0.2) is 0 Å². The van der Waals surface area contributed by atoms with Crippen molar-refractivity contribution in [3.05, 3.63) is 29.3 Å². The van der Waals surface area contributed by atoms with Crippen LogP contribution < -0.4 is 5.32 Å². The number of benzene rings is 1. The van der Waals surface area contributed by atoms with E-state index in [9.17, 15) is 22.4 Å². The highest BCUT2D eigenvalue weighted by Gasteiger charge is 2.68. The lowest BCUT2D eigenvalue weighted by molar-refractivity contribution is -0.192. The van der Waals surface area contributed by atoms with Crippen LogP contribution in [0.3, 0.4) is 0 Å². The lowest BCUT2D eigenvalue weighted by Crippen LogP contribution is -2.69. The van der Waals surface area contributed by atoms with Crippen molar-refractivity contribution in [1.29, 1.82) is 0 Å². The first-order valence-corrected chi connectivity index (χ1v) is 10.6. The lowest BCUT2D eigenvalue weighted by atomic mass is 9.87. The fraction of sp³-hybridized carbons (Fsp3) is 0.619. The van der Waals surface area contributed by atoms with Gasteiger partial charge in [0.05, 0.1) is 17.6 Å². The highest BCUT2D eigenvalue weighted by Crippen LogP contribution is 2.57. The average Bonchev–Trinajstić information content (AvgIpc) is 3.42. The number of piperidine rings is 1. The summed E-state index contributed by atoms with van der Waals surface area (Å²) in [5, 5.41) is 2.50. The molecule has 1 aliphatic carbocycles. The number of rotatable bonds is 6. The molecule has 10 heteroatoms. The summed E-state index contributed by atoms with van der Waals surface area (Å²) in [6.45, 7) is 4.94. The van der Waals surface area contributed by atoms with E-state index in [-0.39, 0.29) is 25.2 Å². The number of piperazine rings is 1. The zero-order valence-corrected chi connectivity index (χ0v) is 17.2. The van der Waals surface area contributed by atoms with Crippen LogP contribution in [0.4, 0.5) is 17.6 Å². The smallest absolute Gasteiger partial charge is 0.354 e. The number of H-pyrrole nitrogens is 1. The Morgan fingerprint density at radius 3 is 2.65 bits per heavy atom. The van der Waals surface area contributed by atoms with Gasteiger partial charge in [-0.1, -0.05) is 0 Å². The van der Waals surface area contributed by atoms with Gasteiger partial charge in [0.25, 0.3) is 0 Å². The molecule has 3 aliphatic heterocycles. The van der Waals surface area contributed by atoms with E-state index in [1.807, 2.05) is 6.92 Å². The molecule has 6 rings (SSSR count). The molecule has 2 unspecified atom stereocenters. The second kappa shape index (κ2) is 7.16. The maximum Gasteiger partial charge on any atom is 0.403 e. The minimum absolute atomic E-state index is 0.111. The van der Waals surface area contributed by atoms with E-state index in [4.69, 9.17) is 0 Å². The van der Waals surface area contributed by atoms with Gasteiger partial charge in [0.2, 0.25) is 5.91 Å². The van der Waals surface area contributed by atoms with Crippen molar-refractivity contribution >= 4 is 16.9 Å². The third kappa shape index (κ3) is 3.59. The van der Waals surface area contributed by atoms with Gasteiger partial charge < -0.3 is 10.3 Å². The third-order valence-corrected chi connectivity index (χ3v) is 6.97. The number of hydrogen-bond donors (Lipinski definition) is 2. The molecule has 6 nitrogen and oxygen atoms in total. The quantitative estimate of drug-likeness (QED) is 0.680. The number of fused-ring (bicyclic) bond motifs is 3. The zero-order chi connectivity index (χ0) is 22.0. The Labute approximate surface area is 177 Å². The predicted molar refractivity (Wildman–Crippen MR) is 106 cm³/mol. The SMILES string of the molecule is Cc1cc(F)cc2[nH]c(CN3CC4CC(C3)N4CCNC(=O)C3(C(F)(F)F)CC3)nc12. The number of aromatic nitrogens is 2. The highest BCUT2D eigenvalue weighted by molar-refractivity contribution is 5.86. The molecule has 4 aliphatic rings. The summed E-state index contributed by atoms with van der Waals surface area (Å²) >= 11 is 0. The molecule has 1 saturated carbocycles.